The quantitative estimate of drug-likeness (QED) is 0.665. The summed E-state index contributed by atoms with van der Waals surface area (Å²) in [7, 11) is 9.06. The van der Waals surface area contributed by atoms with E-state index in [1.807, 2.05) is 13.8 Å². The smallest absolute Gasteiger partial charge is 0.145 e. The van der Waals surface area contributed by atoms with E-state index in [-0.39, 0.29) is 6.10 Å². The van der Waals surface area contributed by atoms with E-state index >= 15 is 0 Å². The van der Waals surface area contributed by atoms with Crippen molar-refractivity contribution in [1.82, 2.24) is 4.98 Å². The molecule has 14 heavy (non-hydrogen) atoms. The first-order chi connectivity index (χ1) is 6.61. The molecule has 74 valence electrons. The van der Waals surface area contributed by atoms with Gasteiger partial charge in [-0.1, -0.05) is 5.46 Å². The number of methoxy groups -OCH3 is 2. The average molecular weight is 191 g/mol. The van der Waals surface area contributed by atoms with Gasteiger partial charge in [-0.05, 0) is 13.8 Å². The molecule has 3 nitrogen and oxygen atoms in total. The van der Waals surface area contributed by atoms with E-state index in [9.17, 15) is 0 Å². The molecule has 0 fully saturated rings. The molecule has 2 radical (unpaired) electrons. The molecule has 1 rings (SSSR count). The summed E-state index contributed by atoms with van der Waals surface area (Å²) in [5, 5.41) is 0. The first kappa shape index (κ1) is 11.1. The first-order valence-electron chi connectivity index (χ1n) is 4.43. The van der Waals surface area contributed by atoms with Crippen molar-refractivity contribution in [1.29, 1.82) is 0 Å². The molecule has 0 aromatic carbocycles. The molecule has 0 aliphatic carbocycles. The lowest BCUT2D eigenvalue weighted by atomic mass is 9.89. The summed E-state index contributed by atoms with van der Waals surface area (Å²) in [6, 6.07) is 0. The molecule has 0 amide bonds. The summed E-state index contributed by atoms with van der Waals surface area (Å²) < 4.78 is 10.5. The van der Waals surface area contributed by atoms with Gasteiger partial charge in [0.05, 0.1) is 18.9 Å². The number of pyridine rings is 1. The van der Waals surface area contributed by atoms with Crippen LogP contribution in [0.4, 0.5) is 0 Å². The SMILES string of the molecule is [B]c1cnc(C)c(OC)c1C(C)OC. The van der Waals surface area contributed by atoms with Crippen LogP contribution in [0.2, 0.25) is 0 Å². The maximum absolute atomic E-state index is 5.82. The van der Waals surface area contributed by atoms with Gasteiger partial charge in [-0.3, -0.25) is 4.98 Å². The van der Waals surface area contributed by atoms with Crippen molar-refractivity contribution in [2.45, 2.75) is 20.0 Å². The Morgan fingerprint density at radius 2 is 2.07 bits per heavy atom. The zero-order chi connectivity index (χ0) is 10.7. The van der Waals surface area contributed by atoms with Gasteiger partial charge in [-0.2, -0.15) is 0 Å². The van der Waals surface area contributed by atoms with Crippen LogP contribution in [-0.4, -0.2) is 27.0 Å². The molecule has 0 aliphatic rings. The second-order valence-corrected chi connectivity index (χ2v) is 3.12. The van der Waals surface area contributed by atoms with Crippen molar-refractivity contribution < 1.29 is 9.47 Å². The summed E-state index contributed by atoms with van der Waals surface area (Å²) in [4.78, 5) is 4.12. The number of hydrogen-bond acceptors (Lipinski definition) is 3. The molecule has 1 unspecified atom stereocenters. The summed E-state index contributed by atoms with van der Waals surface area (Å²) in [6.45, 7) is 3.80. The molecule has 0 bridgehead atoms. The Labute approximate surface area is 85.9 Å². The van der Waals surface area contributed by atoms with Crippen LogP contribution < -0.4 is 10.2 Å². The van der Waals surface area contributed by atoms with Gasteiger partial charge in [0, 0.05) is 18.9 Å². The highest BCUT2D eigenvalue weighted by Crippen LogP contribution is 2.26. The third-order valence-corrected chi connectivity index (χ3v) is 2.25. The zero-order valence-electron chi connectivity index (χ0n) is 9.00. The Morgan fingerprint density at radius 3 is 2.57 bits per heavy atom. The van der Waals surface area contributed by atoms with Crippen molar-refractivity contribution in [3.63, 3.8) is 0 Å². The molecule has 0 saturated heterocycles. The minimum absolute atomic E-state index is 0.0911. The number of hydrogen-bond donors (Lipinski definition) is 0. The number of aromatic nitrogens is 1. The molecule has 0 spiro atoms. The second kappa shape index (κ2) is 4.46. The van der Waals surface area contributed by atoms with Crippen LogP contribution in [0.15, 0.2) is 6.20 Å². The number of rotatable bonds is 3. The fourth-order valence-corrected chi connectivity index (χ4v) is 1.42. The third-order valence-electron chi connectivity index (χ3n) is 2.25. The Hall–Kier alpha value is -1.03. The fraction of sp³-hybridized carbons (Fsp3) is 0.500. The Bertz CT molecular complexity index is 328. The summed E-state index contributed by atoms with van der Waals surface area (Å²) in [5.74, 6) is 0.708. The van der Waals surface area contributed by atoms with E-state index in [0.717, 1.165) is 11.3 Å². The van der Waals surface area contributed by atoms with Gasteiger partial charge in [0.25, 0.3) is 0 Å². The van der Waals surface area contributed by atoms with Crippen LogP contribution in [0.3, 0.4) is 0 Å². The Balaban J connectivity index is 3.29. The number of ether oxygens (including phenoxy) is 2. The van der Waals surface area contributed by atoms with E-state index in [4.69, 9.17) is 17.3 Å². The maximum Gasteiger partial charge on any atom is 0.145 e. The maximum atomic E-state index is 5.82. The molecule has 0 N–H and O–H groups in total. The first-order valence-corrected chi connectivity index (χ1v) is 4.43. The molecular formula is C10H14BNO2. The highest BCUT2D eigenvalue weighted by Gasteiger charge is 2.15. The van der Waals surface area contributed by atoms with Crippen LogP contribution in [-0.2, 0) is 4.74 Å². The van der Waals surface area contributed by atoms with Crippen molar-refractivity contribution in [2.24, 2.45) is 0 Å². The lowest BCUT2D eigenvalue weighted by molar-refractivity contribution is 0.117. The predicted octanol–water partition coefficient (Wildman–Crippen LogP) is 0.900. The van der Waals surface area contributed by atoms with Crippen molar-refractivity contribution in [3.05, 3.63) is 17.5 Å². The molecule has 0 aliphatic heterocycles. The third kappa shape index (κ3) is 1.90. The van der Waals surface area contributed by atoms with Crippen LogP contribution >= 0.6 is 0 Å². The van der Waals surface area contributed by atoms with E-state index in [0.29, 0.717) is 11.2 Å². The highest BCUT2D eigenvalue weighted by atomic mass is 16.5. The standard InChI is InChI=1S/C10H14BNO2/c1-6-10(14-4)9(7(2)13-3)8(11)5-12-6/h5,7H,1-4H3. The average Bonchev–Trinajstić information content (AvgIpc) is 2.19. The van der Waals surface area contributed by atoms with Gasteiger partial charge >= 0.3 is 0 Å². The second-order valence-electron chi connectivity index (χ2n) is 3.12. The van der Waals surface area contributed by atoms with Crippen LogP contribution in [0.25, 0.3) is 0 Å². The fourth-order valence-electron chi connectivity index (χ4n) is 1.42. The van der Waals surface area contributed by atoms with E-state index in [1.54, 1.807) is 20.4 Å². The summed E-state index contributed by atoms with van der Waals surface area (Å²) in [6.07, 6.45) is 1.54. The molecular weight excluding hydrogens is 177 g/mol. The Kier molecular flexibility index (Phi) is 3.52. The lowest BCUT2D eigenvalue weighted by Gasteiger charge is -2.18. The van der Waals surface area contributed by atoms with E-state index in [1.165, 1.54) is 0 Å². The van der Waals surface area contributed by atoms with E-state index in [2.05, 4.69) is 4.98 Å². The summed E-state index contributed by atoms with van der Waals surface area (Å²) in [5.41, 5.74) is 2.28. The van der Waals surface area contributed by atoms with Gasteiger partial charge in [-0.15, -0.1) is 0 Å². The highest BCUT2D eigenvalue weighted by molar-refractivity contribution is 6.33. The van der Waals surface area contributed by atoms with Gasteiger partial charge in [-0.25, -0.2) is 0 Å². The van der Waals surface area contributed by atoms with Crippen LogP contribution in [0.5, 0.6) is 5.75 Å². The van der Waals surface area contributed by atoms with Crippen molar-refractivity contribution >= 4 is 13.3 Å². The van der Waals surface area contributed by atoms with Crippen molar-refractivity contribution in [3.8, 4) is 5.75 Å². The van der Waals surface area contributed by atoms with Crippen LogP contribution in [0.1, 0.15) is 24.3 Å². The van der Waals surface area contributed by atoms with E-state index < -0.39 is 0 Å². The summed E-state index contributed by atoms with van der Waals surface area (Å²) >= 11 is 0. The number of aryl methyl sites for hydroxylation is 1. The minimum Gasteiger partial charge on any atom is -0.494 e. The molecule has 1 aromatic rings. The topological polar surface area (TPSA) is 31.4 Å². The van der Waals surface area contributed by atoms with Crippen molar-refractivity contribution in [2.75, 3.05) is 14.2 Å². The molecule has 0 saturated carbocycles. The van der Waals surface area contributed by atoms with Gasteiger partial charge in [0.15, 0.2) is 0 Å². The lowest BCUT2D eigenvalue weighted by Crippen LogP contribution is -2.17. The molecule has 1 aromatic heterocycles. The predicted molar refractivity (Wildman–Crippen MR) is 56.3 cm³/mol. The van der Waals surface area contributed by atoms with Gasteiger partial charge < -0.3 is 9.47 Å². The zero-order valence-corrected chi connectivity index (χ0v) is 9.00. The Morgan fingerprint density at radius 1 is 1.43 bits per heavy atom. The normalized spacial score (nSPS) is 12.6. The number of nitrogens with zero attached hydrogens (tertiary/aromatic N) is 1. The molecule has 1 heterocycles. The molecule has 1 atom stereocenters. The van der Waals surface area contributed by atoms with Crippen LogP contribution in [0, 0.1) is 6.92 Å². The monoisotopic (exact) mass is 191 g/mol. The molecule has 4 heteroatoms. The minimum atomic E-state index is -0.0911. The van der Waals surface area contributed by atoms with Gasteiger partial charge in [0.1, 0.15) is 13.6 Å². The largest absolute Gasteiger partial charge is 0.494 e. The van der Waals surface area contributed by atoms with Gasteiger partial charge in [0.2, 0.25) is 0 Å².